The second kappa shape index (κ2) is 8.59. The predicted molar refractivity (Wildman–Crippen MR) is 103 cm³/mol. The first-order valence-corrected chi connectivity index (χ1v) is 10.6. The fourth-order valence-electron chi connectivity index (χ4n) is 4.84. The Morgan fingerprint density at radius 3 is 2.70 bits per heavy atom. The van der Waals surface area contributed by atoms with Crippen LogP contribution in [0.15, 0.2) is 0 Å². The molecule has 0 aromatic carbocycles. The van der Waals surface area contributed by atoms with Crippen LogP contribution in [-0.4, -0.2) is 65.4 Å². The van der Waals surface area contributed by atoms with E-state index in [1.807, 2.05) is 6.92 Å². The van der Waals surface area contributed by atoms with E-state index >= 15 is 0 Å². The topological polar surface area (TPSA) is 81.8 Å². The van der Waals surface area contributed by atoms with E-state index in [1.54, 1.807) is 0 Å². The van der Waals surface area contributed by atoms with E-state index in [0.717, 1.165) is 43.7 Å². The van der Waals surface area contributed by atoms with Gasteiger partial charge in [-0.25, -0.2) is 4.79 Å². The van der Waals surface area contributed by atoms with Crippen molar-refractivity contribution in [3.63, 3.8) is 0 Å². The Bertz CT molecular complexity index is 582. The third-order valence-electron chi connectivity index (χ3n) is 6.69. The third kappa shape index (κ3) is 4.28. The number of nitrogens with one attached hydrogen (secondary N) is 2. The fraction of sp³-hybridized carbons (Fsp3) is 0.850. The van der Waals surface area contributed by atoms with E-state index in [-0.39, 0.29) is 24.3 Å². The lowest BCUT2D eigenvalue weighted by Crippen LogP contribution is -2.54. The van der Waals surface area contributed by atoms with Gasteiger partial charge in [0.1, 0.15) is 12.1 Å². The van der Waals surface area contributed by atoms with Gasteiger partial charge < -0.3 is 15.5 Å². The van der Waals surface area contributed by atoms with E-state index in [4.69, 9.17) is 0 Å². The molecular formula is C20H34N4O3. The van der Waals surface area contributed by atoms with Gasteiger partial charge in [-0.1, -0.05) is 26.2 Å². The summed E-state index contributed by atoms with van der Waals surface area (Å²) in [6.45, 7) is 6.79. The van der Waals surface area contributed by atoms with Crippen molar-refractivity contribution in [3.8, 4) is 0 Å². The van der Waals surface area contributed by atoms with Gasteiger partial charge in [0, 0.05) is 19.1 Å². The lowest BCUT2D eigenvalue weighted by atomic mass is 9.73. The highest BCUT2D eigenvalue weighted by molar-refractivity contribution is 6.09. The molecule has 3 fully saturated rings. The van der Waals surface area contributed by atoms with Crippen LogP contribution in [0.3, 0.4) is 0 Å². The zero-order chi connectivity index (χ0) is 19.4. The molecule has 2 N–H and O–H groups in total. The van der Waals surface area contributed by atoms with Crippen molar-refractivity contribution in [2.75, 3.05) is 26.2 Å². The summed E-state index contributed by atoms with van der Waals surface area (Å²) < 4.78 is 0. The predicted octanol–water partition coefficient (Wildman–Crippen LogP) is 1.87. The highest BCUT2D eigenvalue weighted by Gasteiger charge is 2.55. The highest BCUT2D eigenvalue weighted by atomic mass is 16.2. The lowest BCUT2D eigenvalue weighted by molar-refractivity contribution is -0.137. The molecule has 4 amide bonds. The summed E-state index contributed by atoms with van der Waals surface area (Å²) in [5.74, 6) is -0.370. The number of rotatable bonds is 6. The van der Waals surface area contributed by atoms with Gasteiger partial charge >= 0.3 is 6.03 Å². The molecule has 7 heteroatoms. The molecule has 0 radical (unpaired) electrons. The number of nitrogens with zero attached hydrogens (tertiary/aromatic N) is 2. The summed E-state index contributed by atoms with van der Waals surface area (Å²) in [6, 6.07) is 0.195. The van der Waals surface area contributed by atoms with Crippen molar-refractivity contribution in [1.29, 1.82) is 0 Å². The maximum Gasteiger partial charge on any atom is 0.325 e. The van der Waals surface area contributed by atoms with Crippen molar-refractivity contribution < 1.29 is 14.4 Å². The Kier molecular flexibility index (Phi) is 6.40. The summed E-state index contributed by atoms with van der Waals surface area (Å²) in [5.41, 5.74) is -0.792. The standard InChI is InChI=1S/C20H34N4O3/c1-15-8-3-5-10-20(15)18(26)24(19(27)22-20)14-17(25)21-11-7-13-23-12-6-4-9-16(23)2/h15-16H,3-14H2,1-2H3,(H,21,25)(H,22,27). The zero-order valence-electron chi connectivity index (χ0n) is 16.8. The first kappa shape index (κ1) is 20.1. The second-order valence-corrected chi connectivity index (χ2v) is 8.52. The van der Waals surface area contributed by atoms with Crippen LogP contribution in [0.1, 0.15) is 65.2 Å². The van der Waals surface area contributed by atoms with Gasteiger partial charge in [-0.15, -0.1) is 0 Å². The van der Waals surface area contributed by atoms with E-state index in [1.165, 1.54) is 19.3 Å². The zero-order valence-corrected chi connectivity index (χ0v) is 16.8. The fourth-order valence-corrected chi connectivity index (χ4v) is 4.84. The number of carbonyl (C=O) groups is 3. The third-order valence-corrected chi connectivity index (χ3v) is 6.69. The Morgan fingerprint density at radius 1 is 1.19 bits per heavy atom. The van der Waals surface area contributed by atoms with Gasteiger partial charge in [0.15, 0.2) is 0 Å². The Labute approximate surface area is 162 Å². The number of imide groups is 1. The number of hydrogen-bond donors (Lipinski definition) is 2. The van der Waals surface area contributed by atoms with E-state index in [9.17, 15) is 14.4 Å². The first-order valence-electron chi connectivity index (χ1n) is 10.6. The van der Waals surface area contributed by atoms with Crippen molar-refractivity contribution >= 4 is 17.8 Å². The van der Waals surface area contributed by atoms with Crippen LogP contribution < -0.4 is 10.6 Å². The average Bonchev–Trinajstić information content (AvgIpc) is 2.88. The van der Waals surface area contributed by atoms with E-state index in [2.05, 4.69) is 22.5 Å². The molecule has 1 spiro atoms. The smallest absolute Gasteiger partial charge is 0.325 e. The highest BCUT2D eigenvalue weighted by Crippen LogP contribution is 2.38. The molecule has 0 aromatic heterocycles. The van der Waals surface area contributed by atoms with E-state index in [0.29, 0.717) is 19.0 Å². The van der Waals surface area contributed by atoms with Crippen LogP contribution in [0, 0.1) is 5.92 Å². The van der Waals surface area contributed by atoms with Crippen LogP contribution in [-0.2, 0) is 9.59 Å². The summed E-state index contributed by atoms with van der Waals surface area (Å²) in [4.78, 5) is 41.0. The van der Waals surface area contributed by atoms with Crippen LogP contribution in [0.5, 0.6) is 0 Å². The number of carbonyl (C=O) groups excluding carboxylic acids is 3. The molecule has 1 saturated carbocycles. The average molecular weight is 379 g/mol. The molecule has 7 nitrogen and oxygen atoms in total. The van der Waals surface area contributed by atoms with Crippen molar-refractivity contribution in [1.82, 2.24) is 20.4 Å². The molecule has 3 rings (SSSR count). The molecule has 2 aliphatic heterocycles. The molecule has 3 aliphatic rings. The Hall–Kier alpha value is -1.63. The minimum Gasteiger partial charge on any atom is -0.354 e. The van der Waals surface area contributed by atoms with E-state index < -0.39 is 11.6 Å². The SMILES string of the molecule is CC1CCCCN1CCCNC(=O)CN1C(=O)NC2(CCCCC2C)C1=O. The quantitative estimate of drug-likeness (QED) is 0.546. The number of hydrogen-bond acceptors (Lipinski definition) is 4. The monoisotopic (exact) mass is 378 g/mol. The molecule has 1 aliphatic carbocycles. The number of amides is 4. The van der Waals surface area contributed by atoms with Crippen LogP contribution in [0.25, 0.3) is 0 Å². The molecule has 3 atom stereocenters. The summed E-state index contributed by atoms with van der Waals surface area (Å²) in [7, 11) is 0. The van der Waals surface area contributed by atoms with Gasteiger partial charge in [-0.3, -0.25) is 14.5 Å². The number of piperidine rings is 1. The lowest BCUT2D eigenvalue weighted by Gasteiger charge is -2.36. The van der Waals surface area contributed by atoms with Gasteiger partial charge in [-0.2, -0.15) is 0 Å². The summed E-state index contributed by atoms with van der Waals surface area (Å²) in [5, 5.41) is 5.76. The minimum atomic E-state index is -0.792. The molecule has 2 saturated heterocycles. The van der Waals surface area contributed by atoms with Gasteiger partial charge in [-0.05, 0) is 51.5 Å². The van der Waals surface area contributed by atoms with Crippen LogP contribution in [0.2, 0.25) is 0 Å². The van der Waals surface area contributed by atoms with Gasteiger partial charge in [0.25, 0.3) is 5.91 Å². The minimum absolute atomic E-state index is 0.113. The first-order chi connectivity index (χ1) is 12.9. The van der Waals surface area contributed by atoms with Gasteiger partial charge in [0.05, 0.1) is 0 Å². The molecule has 0 bridgehead atoms. The number of urea groups is 1. The van der Waals surface area contributed by atoms with Gasteiger partial charge in [0.2, 0.25) is 5.91 Å². The normalized spacial score (nSPS) is 32.0. The largest absolute Gasteiger partial charge is 0.354 e. The molecule has 27 heavy (non-hydrogen) atoms. The maximum absolute atomic E-state index is 12.9. The molecule has 2 heterocycles. The molecular weight excluding hydrogens is 344 g/mol. The number of likely N-dealkylation sites (tertiary alicyclic amines) is 1. The summed E-state index contributed by atoms with van der Waals surface area (Å²) >= 11 is 0. The second-order valence-electron chi connectivity index (χ2n) is 8.52. The maximum atomic E-state index is 12.9. The molecule has 0 aromatic rings. The Morgan fingerprint density at radius 2 is 1.96 bits per heavy atom. The van der Waals surface area contributed by atoms with Crippen molar-refractivity contribution in [3.05, 3.63) is 0 Å². The molecule has 3 unspecified atom stereocenters. The summed E-state index contributed by atoms with van der Waals surface area (Å²) in [6.07, 6.45) is 8.32. The van der Waals surface area contributed by atoms with Crippen molar-refractivity contribution in [2.24, 2.45) is 5.92 Å². The van der Waals surface area contributed by atoms with Crippen LogP contribution in [0.4, 0.5) is 4.79 Å². The Balaban J connectivity index is 1.43. The molecule has 152 valence electrons. The van der Waals surface area contributed by atoms with Crippen molar-refractivity contribution in [2.45, 2.75) is 76.8 Å². The van der Waals surface area contributed by atoms with Crippen LogP contribution >= 0.6 is 0 Å².